The van der Waals surface area contributed by atoms with E-state index in [0.29, 0.717) is 36.3 Å². The van der Waals surface area contributed by atoms with Crippen LogP contribution in [0.15, 0.2) is 83.9 Å². The molecule has 2 saturated heterocycles. The van der Waals surface area contributed by atoms with Crippen molar-refractivity contribution in [3.63, 3.8) is 0 Å². The summed E-state index contributed by atoms with van der Waals surface area (Å²) in [5.41, 5.74) is 0.220. The quantitative estimate of drug-likeness (QED) is 0.0863. The van der Waals surface area contributed by atoms with Crippen LogP contribution in [-0.2, 0) is 26.6 Å². The molecule has 2 fully saturated rings. The number of aromatic hydroxyl groups is 1. The number of carbonyl (C=O) groups excluding carboxylic acids is 2. The molecule has 6 rings (SSSR count). The van der Waals surface area contributed by atoms with Gasteiger partial charge in [-0.15, -0.1) is 0 Å². The number of rotatable bonds is 7. The van der Waals surface area contributed by atoms with Crippen LogP contribution in [0.5, 0.6) is 5.75 Å². The SMILES string of the molecule is CCC1=C2[C@@H](CC/C(=C/c3ccc(O)cc3)c3ccccc3)OB(O)C[C@@H]2[C@@H]2C(=O)N(c3cc(C(F)(F)F)cc(C(F)(F)F)c3)C(=O)[C@@H]2C1. The standard InChI is InChI=1S/C36H32BF6NO5/c1-2-21-15-28-32(34(47)44(33(28)46)26-17-24(35(38,39)40)16-25(18-26)36(41,42)43)29-19-37(48)49-30(31(21)29)13-10-23(22-6-4-3-5-7-22)14-20-8-11-27(45)12-9-20/h3-9,11-12,14,16-18,28-30,32,45,48H,2,10,13,15,19H2,1H3/b23-14-/t28-,29+,30-,32-/m1/s1. The maximum atomic E-state index is 14.0. The van der Waals surface area contributed by atoms with E-state index in [1.54, 1.807) is 24.3 Å². The van der Waals surface area contributed by atoms with Crippen LogP contribution in [0.25, 0.3) is 11.6 Å². The van der Waals surface area contributed by atoms with Gasteiger partial charge in [0.1, 0.15) is 5.75 Å². The third-order valence-electron chi connectivity index (χ3n) is 9.62. The van der Waals surface area contributed by atoms with Crippen LogP contribution in [0, 0.1) is 17.8 Å². The average Bonchev–Trinajstić information content (AvgIpc) is 3.31. The van der Waals surface area contributed by atoms with Crippen LogP contribution >= 0.6 is 0 Å². The maximum absolute atomic E-state index is 14.0. The molecule has 1 aliphatic carbocycles. The molecular weight excluding hydrogens is 651 g/mol. The van der Waals surface area contributed by atoms with Gasteiger partial charge in [-0.1, -0.05) is 61.0 Å². The zero-order valence-electron chi connectivity index (χ0n) is 26.3. The van der Waals surface area contributed by atoms with Crippen molar-refractivity contribution in [1.82, 2.24) is 0 Å². The summed E-state index contributed by atoms with van der Waals surface area (Å²) in [6.07, 6.45) is -7.69. The fourth-order valence-corrected chi connectivity index (χ4v) is 7.44. The zero-order chi connectivity index (χ0) is 35.2. The second kappa shape index (κ2) is 13.2. The number of amides is 2. The number of nitrogens with zero attached hydrogens (tertiary/aromatic N) is 1. The molecule has 2 heterocycles. The molecule has 3 aliphatic rings. The highest BCUT2D eigenvalue weighted by molar-refractivity contribution is 6.43. The normalized spacial score (nSPS) is 23.2. The van der Waals surface area contributed by atoms with E-state index in [1.807, 2.05) is 43.3 Å². The smallest absolute Gasteiger partial charge is 0.455 e. The number of allylic oxidation sites excluding steroid dienone is 2. The maximum Gasteiger partial charge on any atom is 0.455 e. The molecule has 13 heteroatoms. The highest BCUT2D eigenvalue weighted by atomic mass is 19.4. The van der Waals surface area contributed by atoms with E-state index in [1.165, 1.54) is 0 Å². The minimum Gasteiger partial charge on any atom is -0.508 e. The summed E-state index contributed by atoms with van der Waals surface area (Å²) in [4.78, 5) is 28.2. The molecule has 0 saturated carbocycles. The highest BCUT2D eigenvalue weighted by Gasteiger charge is 2.58. The lowest BCUT2D eigenvalue weighted by atomic mass is 9.58. The fraction of sp³-hybridized carbons (Fsp3) is 0.333. The molecule has 6 nitrogen and oxygen atoms in total. The first-order valence-electron chi connectivity index (χ1n) is 15.9. The molecule has 2 N–H and O–H groups in total. The van der Waals surface area contributed by atoms with Crippen molar-refractivity contribution in [3.05, 3.63) is 106 Å². The van der Waals surface area contributed by atoms with Gasteiger partial charge in [0.2, 0.25) is 11.8 Å². The molecule has 0 unspecified atom stereocenters. The molecule has 4 atom stereocenters. The Morgan fingerprint density at radius 3 is 2.14 bits per heavy atom. The van der Waals surface area contributed by atoms with E-state index in [0.717, 1.165) is 27.8 Å². The van der Waals surface area contributed by atoms with Crippen LogP contribution in [0.4, 0.5) is 32.0 Å². The van der Waals surface area contributed by atoms with Gasteiger partial charge in [-0.3, -0.25) is 9.59 Å². The number of alkyl halides is 6. The number of hydrogen-bond acceptors (Lipinski definition) is 5. The topological polar surface area (TPSA) is 87.1 Å². The van der Waals surface area contributed by atoms with Gasteiger partial charge in [-0.2, -0.15) is 26.3 Å². The Labute approximate surface area is 278 Å². The summed E-state index contributed by atoms with van der Waals surface area (Å²) in [6.45, 7) is 1.86. The number of imide groups is 1. The van der Waals surface area contributed by atoms with Crippen molar-refractivity contribution in [1.29, 1.82) is 0 Å². The van der Waals surface area contributed by atoms with Gasteiger partial charge in [0, 0.05) is 0 Å². The van der Waals surface area contributed by atoms with Crippen molar-refractivity contribution in [2.45, 2.75) is 57.4 Å². The predicted molar refractivity (Wildman–Crippen MR) is 171 cm³/mol. The van der Waals surface area contributed by atoms with Gasteiger partial charge >= 0.3 is 19.5 Å². The lowest BCUT2D eigenvalue weighted by molar-refractivity contribution is -0.143. The van der Waals surface area contributed by atoms with Crippen molar-refractivity contribution >= 4 is 36.3 Å². The summed E-state index contributed by atoms with van der Waals surface area (Å²) < 4.78 is 88.1. The first-order chi connectivity index (χ1) is 23.2. The fourth-order valence-electron chi connectivity index (χ4n) is 7.44. The number of carbonyl (C=O) groups is 2. The summed E-state index contributed by atoms with van der Waals surface area (Å²) in [5.74, 6) is -4.46. The second-order valence-corrected chi connectivity index (χ2v) is 12.6. The van der Waals surface area contributed by atoms with E-state index in [9.17, 15) is 46.1 Å². The van der Waals surface area contributed by atoms with Crippen molar-refractivity contribution in [2.75, 3.05) is 4.90 Å². The van der Waals surface area contributed by atoms with Gasteiger partial charge < -0.3 is 14.8 Å². The number of phenolic OH excluding ortho intramolecular Hbond substituents is 1. The number of halogens is 6. The van der Waals surface area contributed by atoms with Gasteiger partial charge in [0.05, 0.1) is 34.8 Å². The number of anilines is 1. The summed E-state index contributed by atoms with van der Waals surface area (Å²) >= 11 is 0. The Kier molecular flexibility index (Phi) is 9.27. The Bertz CT molecular complexity index is 1770. The van der Waals surface area contributed by atoms with Crippen LogP contribution < -0.4 is 4.90 Å². The number of benzene rings is 3. The molecule has 0 spiro atoms. The van der Waals surface area contributed by atoms with Gasteiger partial charge in [-0.25, -0.2) is 4.90 Å². The van der Waals surface area contributed by atoms with Gasteiger partial charge in [0.15, 0.2) is 0 Å². The molecule has 2 aliphatic heterocycles. The largest absolute Gasteiger partial charge is 0.508 e. The minimum atomic E-state index is -5.16. The van der Waals surface area contributed by atoms with Crippen molar-refractivity contribution < 1.29 is 50.7 Å². The van der Waals surface area contributed by atoms with Crippen LogP contribution in [0.3, 0.4) is 0 Å². The Hall–Kier alpha value is -4.36. The van der Waals surface area contributed by atoms with E-state index in [2.05, 4.69) is 0 Å². The van der Waals surface area contributed by atoms with Crippen molar-refractivity contribution in [3.8, 4) is 5.75 Å². The minimum absolute atomic E-state index is 0.0460. The lowest BCUT2D eigenvalue weighted by Crippen LogP contribution is -2.46. The van der Waals surface area contributed by atoms with E-state index in [4.69, 9.17) is 4.65 Å². The molecule has 0 aromatic heterocycles. The molecule has 3 aromatic rings. The van der Waals surface area contributed by atoms with Crippen LogP contribution in [0.1, 0.15) is 54.9 Å². The molecule has 0 radical (unpaired) electrons. The summed E-state index contributed by atoms with van der Waals surface area (Å²) in [5, 5.41) is 20.6. The van der Waals surface area contributed by atoms with Gasteiger partial charge in [0.25, 0.3) is 0 Å². The van der Waals surface area contributed by atoms with Crippen molar-refractivity contribution in [2.24, 2.45) is 17.8 Å². The number of phenols is 1. The van der Waals surface area contributed by atoms with E-state index < -0.39 is 72.0 Å². The number of hydrogen-bond donors (Lipinski definition) is 2. The van der Waals surface area contributed by atoms with Crippen LogP contribution in [0.2, 0.25) is 6.32 Å². The lowest BCUT2D eigenvalue weighted by Gasteiger charge is -2.43. The van der Waals surface area contributed by atoms with Crippen LogP contribution in [-0.4, -0.2) is 35.2 Å². The van der Waals surface area contributed by atoms with Gasteiger partial charge in [-0.05, 0) is 90.5 Å². The average molecular weight is 683 g/mol. The first kappa shape index (κ1) is 34.5. The molecule has 256 valence electrons. The number of fused-ring (bicyclic) bond motifs is 3. The third kappa shape index (κ3) is 6.91. The summed E-state index contributed by atoms with van der Waals surface area (Å²) in [6, 6.07) is 17.0. The Morgan fingerprint density at radius 1 is 0.918 bits per heavy atom. The molecular formula is C36H32BF6NO5. The monoisotopic (exact) mass is 683 g/mol. The molecule has 3 aromatic carbocycles. The molecule has 49 heavy (non-hydrogen) atoms. The highest BCUT2D eigenvalue weighted by Crippen LogP contribution is 2.52. The summed E-state index contributed by atoms with van der Waals surface area (Å²) in [7, 11) is -1.32. The van der Waals surface area contributed by atoms with E-state index >= 15 is 0 Å². The second-order valence-electron chi connectivity index (χ2n) is 12.6. The first-order valence-corrected chi connectivity index (χ1v) is 15.9. The Balaban J connectivity index is 1.33. The molecule has 2 amide bonds. The predicted octanol–water partition coefficient (Wildman–Crippen LogP) is 8.16. The Morgan fingerprint density at radius 2 is 1.55 bits per heavy atom. The van der Waals surface area contributed by atoms with E-state index in [-0.39, 0.29) is 24.6 Å². The zero-order valence-corrected chi connectivity index (χ0v) is 26.3. The third-order valence-corrected chi connectivity index (χ3v) is 9.62. The molecule has 0 bridgehead atoms.